The monoisotopic (exact) mass is 307 g/mol. The Labute approximate surface area is 128 Å². The fourth-order valence-corrected chi connectivity index (χ4v) is 2.16. The molecule has 6 heteroatoms. The van der Waals surface area contributed by atoms with Crippen molar-refractivity contribution >= 4 is 18.0 Å². The molecule has 0 unspecified atom stereocenters. The number of carbonyl (C=O) groups is 2. The van der Waals surface area contributed by atoms with Crippen LogP contribution in [0.3, 0.4) is 0 Å². The smallest absolute Gasteiger partial charge is 0.348 e. The maximum Gasteiger partial charge on any atom is 0.348 e. The third-order valence-electron chi connectivity index (χ3n) is 2.91. The van der Waals surface area contributed by atoms with E-state index in [0.717, 1.165) is 5.56 Å². The highest BCUT2D eigenvalue weighted by molar-refractivity contribution is 6.18. The first kappa shape index (κ1) is 16.2. The maximum atomic E-state index is 13.7. The van der Waals surface area contributed by atoms with Gasteiger partial charge in [0, 0.05) is 20.4 Å². The number of nitrogens with zero attached hydrogens (tertiary/aromatic N) is 1. The fourth-order valence-electron chi connectivity index (χ4n) is 2.16. The Hall–Kier alpha value is -2.21. The van der Waals surface area contributed by atoms with Gasteiger partial charge in [-0.05, 0) is 43.4 Å². The van der Waals surface area contributed by atoms with Gasteiger partial charge < -0.3 is 14.4 Å². The summed E-state index contributed by atoms with van der Waals surface area (Å²) >= 11 is 0. The molecule has 1 saturated heterocycles. The molecule has 0 atom stereocenters. The summed E-state index contributed by atoms with van der Waals surface area (Å²) in [5.41, 5.74) is 0.885. The van der Waals surface area contributed by atoms with Gasteiger partial charge in [0.2, 0.25) is 0 Å². The van der Waals surface area contributed by atoms with E-state index in [1.165, 1.54) is 32.1 Å². The summed E-state index contributed by atoms with van der Waals surface area (Å²) < 4.78 is 23.7. The van der Waals surface area contributed by atoms with Crippen LogP contribution in [0.2, 0.25) is 0 Å². The average molecular weight is 307 g/mol. The van der Waals surface area contributed by atoms with Crippen molar-refractivity contribution in [3.8, 4) is 0 Å². The lowest BCUT2D eigenvalue weighted by atomic mass is 10.1. The highest BCUT2D eigenvalue weighted by Crippen LogP contribution is 2.24. The fraction of sp³-hybridized carbons (Fsp3) is 0.375. The van der Waals surface area contributed by atoms with Crippen molar-refractivity contribution in [2.45, 2.75) is 26.2 Å². The number of cyclic esters (lactones) is 2. The van der Waals surface area contributed by atoms with Gasteiger partial charge in [0.25, 0.3) is 5.79 Å². The summed E-state index contributed by atoms with van der Waals surface area (Å²) in [7, 11) is 3.72. The van der Waals surface area contributed by atoms with Crippen LogP contribution in [0.25, 0.3) is 6.08 Å². The number of halogens is 1. The summed E-state index contributed by atoms with van der Waals surface area (Å²) in [6, 6.07) is 4.35. The lowest BCUT2D eigenvalue weighted by Gasteiger charge is -2.29. The minimum Gasteiger partial charge on any atom is -0.419 e. The topological polar surface area (TPSA) is 55.8 Å². The lowest BCUT2D eigenvalue weighted by Crippen LogP contribution is -2.41. The predicted octanol–water partition coefficient (Wildman–Crippen LogP) is 2.11. The molecule has 0 aromatic heterocycles. The van der Waals surface area contributed by atoms with Crippen LogP contribution in [-0.2, 0) is 25.6 Å². The second kappa shape index (κ2) is 5.88. The second-order valence-corrected chi connectivity index (χ2v) is 5.87. The van der Waals surface area contributed by atoms with E-state index in [-0.39, 0.29) is 5.57 Å². The zero-order chi connectivity index (χ0) is 16.5. The van der Waals surface area contributed by atoms with Crippen LogP contribution >= 0.6 is 0 Å². The van der Waals surface area contributed by atoms with Crippen molar-refractivity contribution in [2.24, 2.45) is 0 Å². The molecule has 118 valence electrons. The molecule has 0 spiro atoms. The van der Waals surface area contributed by atoms with E-state index in [1.54, 1.807) is 6.07 Å². The molecule has 0 N–H and O–H groups in total. The number of ether oxygens (including phenoxy) is 2. The molecule has 0 amide bonds. The third-order valence-corrected chi connectivity index (χ3v) is 2.91. The van der Waals surface area contributed by atoms with Crippen molar-refractivity contribution in [1.82, 2.24) is 4.90 Å². The minimum absolute atomic E-state index is 0.249. The second-order valence-electron chi connectivity index (χ2n) is 5.87. The molecule has 1 aromatic rings. The Morgan fingerprint density at radius 1 is 1.14 bits per heavy atom. The van der Waals surface area contributed by atoms with Gasteiger partial charge in [0.05, 0.1) is 0 Å². The molecule has 0 saturated carbocycles. The molecule has 5 nitrogen and oxygen atoms in total. The van der Waals surface area contributed by atoms with Gasteiger partial charge in [-0.1, -0.05) is 6.07 Å². The van der Waals surface area contributed by atoms with Gasteiger partial charge in [-0.3, -0.25) is 0 Å². The molecule has 1 aliphatic rings. The van der Waals surface area contributed by atoms with Gasteiger partial charge >= 0.3 is 11.9 Å². The lowest BCUT2D eigenvalue weighted by molar-refractivity contribution is -0.222. The summed E-state index contributed by atoms with van der Waals surface area (Å²) in [6.45, 7) is 3.48. The summed E-state index contributed by atoms with van der Waals surface area (Å²) in [5.74, 6) is -3.29. The molecule has 1 aliphatic heterocycles. The van der Waals surface area contributed by atoms with Crippen LogP contribution in [-0.4, -0.2) is 36.7 Å². The quantitative estimate of drug-likeness (QED) is 0.486. The van der Waals surface area contributed by atoms with Crippen molar-refractivity contribution in [2.75, 3.05) is 14.1 Å². The van der Waals surface area contributed by atoms with E-state index in [2.05, 4.69) is 0 Å². The molecule has 1 heterocycles. The Morgan fingerprint density at radius 2 is 1.73 bits per heavy atom. The molecule has 0 bridgehead atoms. The molecule has 1 aromatic carbocycles. The molecular formula is C16H18FNO4. The van der Waals surface area contributed by atoms with Gasteiger partial charge in [-0.15, -0.1) is 0 Å². The van der Waals surface area contributed by atoms with E-state index < -0.39 is 23.5 Å². The Bertz CT molecular complexity index is 628. The predicted molar refractivity (Wildman–Crippen MR) is 78.0 cm³/mol. The molecule has 22 heavy (non-hydrogen) atoms. The van der Waals surface area contributed by atoms with Gasteiger partial charge in [0.15, 0.2) is 0 Å². The van der Waals surface area contributed by atoms with Gasteiger partial charge in [-0.2, -0.15) is 0 Å². The first-order valence-corrected chi connectivity index (χ1v) is 6.79. The summed E-state index contributed by atoms with van der Waals surface area (Å²) in [6.07, 6.45) is 1.28. The third kappa shape index (κ3) is 3.92. The number of hydrogen-bond donors (Lipinski definition) is 0. The number of rotatable bonds is 3. The van der Waals surface area contributed by atoms with Crippen LogP contribution in [0.15, 0.2) is 23.8 Å². The Balaban J connectivity index is 2.34. The summed E-state index contributed by atoms with van der Waals surface area (Å²) in [4.78, 5) is 25.6. The average Bonchev–Trinajstić information content (AvgIpc) is 2.31. The van der Waals surface area contributed by atoms with Crippen molar-refractivity contribution in [3.05, 3.63) is 40.7 Å². The number of hydrogen-bond acceptors (Lipinski definition) is 5. The standard InChI is InChI=1S/C16H18FNO4/c1-16(2)21-14(19)13(15(20)22-16)8-10-5-11(9-18(3)4)7-12(17)6-10/h5-8H,9H2,1-4H3. The van der Waals surface area contributed by atoms with Crippen LogP contribution in [0, 0.1) is 5.82 Å². The zero-order valence-corrected chi connectivity index (χ0v) is 13.0. The number of benzene rings is 1. The molecular weight excluding hydrogens is 289 g/mol. The molecule has 0 aliphatic carbocycles. The Kier molecular flexibility index (Phi) is 4.32. The van der Waals surface area contributed by atoms with E-state index in [0.29, 0.717) is 12.1 Å². The van der Waals surface area contributed by atoms with E-state index in [9.17, 15) is 14.0 Å². The van der Waals surface area contributed by atoms with Crippen molar-refractivity contribution < 1.29 is 23.5 Å². The van der Waals surface area contributed by atoms with E-state index in [1.807, 2.05) is 19.0 Å². The maximum absolute atomic E-state index is 13.7. The van der Waals surface area contributed by atoms with Crippen molar-refractivity contribution in [3.63, 3.8) is 0 Å². The zero-order valence-electron chi connectivity index (χ0n) is 13.0. The van der Waals surface area contributed by atoms with E-state index >= 15 is 0 Å². The first-order chi connectivity index (χ1) is 10.2. The number of esters is 2. The Morgan fingerprint density at radius 3 is 2.27 bits per heavy atom. The minimum atomic E-state index is -1.29. The number of carbonyl (C=O) groups excluding carboxylic acids is 2. The van der Waals surface area contributed by atoms with Crippen molar-refractivity contribution in [1.29, 1.82) is 0 Å². The first-order valence-electron chi connectivity index (χ1n) is 6.79. The molecule has 1 fully saturated rings. The normalized spacial score (nSPS) is 17.3. The van der Waals surface area contributed by atoms with Crippen LogP contribution in [0.1, 0.15) is 25.0 Å². The summed E-state index contributed by atoms with van der Waals surface area (Å²) in [5, 5.41) is 0. The molecule has 0 radical (unpaired) electrons. The van der Waals surface area contributed by atoms with Crippen LogP contribution in [0.5, 0.6) is 0 Å². The highest BCUT2D eigenvalue weighted by atomic mass is 19.1. The SMILES string of the molecule is CN(C)Cc1cc(F)cc(C=C2C(=O)OC(C)(C)OC2=O)c1. The highest BCUT2D eigenvalue weighted by Gasteiger charge is 2.38. The van der Waals surface area contributed by atoms with Crippen LogP contribution < -0.4 is 0 Å². The van der Waals surface area contributed by atoms with Crippen LogP contribution in [0.4, 0.5) is 4.39 Å². The van der Waals surface area contributed by atoms with E-state index in [4.69, 9.17) is 9.47 Å². The molecule has 2 rings (SSSR count). The van der Waals surface area contributed by atoms with Gasteiger partial charge in [-0.25, -0.2) is 14.0 Å². The largest absolute Gasteiger partial charge is 0.419 e. The van der Waals surface area contributed by atoms with Gasteiger partial charge in [0.1, 0.15) is 11.4 Å².